The smallest absolute Gasteiger partial charge is 0.337 e. The number of carboxylic acid groups (broad SMARTS) is 3. The van der Waals surface area contributed by atoms with E-state index in [9.17, 15) is 39.3 Å². The number of hydrogen-bond donors (Lipinski definition) is 4. The Morgan fingerprint density at radius 3 is 1.27 bits per heavy atom. The van der Waals surface area contributed by atoms with Crippen LogP contribution in [-0.2, 0) is 33.4 Å². The number of carbonyl (C=O) groups excluding carboxylic acids is 2. The van der Waals surface area contributed by atoms with Crippen molar-refractivity contribution in [2.24, 2.45) is 11.3 Å². The van der Waals surface area contributed by atoms with Crippen molar-refractivity contribution in [3.63, 3.8) is 0 Å². The first-order chi connectivity index (χ1) is 17.4. The number of carbonyl (C=O) groups is 5. The van der Waals surface area contributed by atoms with Crippen LogP contribution < -0.4 is 0 Å². The number of esters is 2. The summed E-state index contributed by atoms with van der Waals surface area (Å²) in [5, 5.41) is 38.1. The Morgan fingerprint density at radius 2 is 1.03 bits per heavy atom. The zero-order chi connectivity index (χ0) is 29.1. The molecule has 4 N–H and O–H groups in total. The molecule has 0 saturated heterocycles. The third kappa shape index (κ3) is 11.5. The minimum absolute atomic E-state index is 0.0974. The predicted molar refractivity (Wildman–Crippen MR) is 135 cm³/mol. The Hall–Kier alpha value is -2.69. The largest absolute Gasteiger partial charge is 0.481 e. The van der Waals surface area contributed by atoms with Crippen molar-refractivity contribution in [2.45, 2.75) is 111 Å². The molecular formula is C26H46O11. The summed E-state index contributed by atoms with van der Waals surface area (Å²) in [6.07, 6.45) is 6.62. The Kier molecular flexibility index (Phi) is 19.1. The molecule has 0 rings (SSSR count). The fourth-order valence-corrected chi connectivity index (χ4v) is 4.30. The zero-order valence-electron chi connectivity index (χ0n) is 22.9. The maximum absolute atomic E-state index is 11.5. The van der Waals surface area contributed by atoms with Gasteiger partial charge in [-0.1, -0.05) is 46.5 Å². The molecule has 0 heterocycles. The second-order valence-electron chi connectivity index (χ2n) is 8.70. The van der Waals surface area contributed by atoms with Crippen LogP contribution >= 0.6 is 0 Å². The van der Waals surface area contributed by atoms with Gasteiger partial charge in [-0.2, -0.15) is 0 Å². The van der Waals surface area contributed by atoms with Crippen LogP contribution in [0.4, 0.5) is 0 Å². The van der Waals surface area contributed by atoms with Crippen molar-refractivity contribution >= 4 is 29.8 Å². The van der Waals surface area contributed by atoms with E-state index >= 15 is 0 Å². The van der Waals surface area contributed by atoms with Gasteiger partial charge < -0.3 is 29.9 Å². The summed E-state index contributed by atoms with van der Waals surface area (Å²) in [5.74, 6) is -6.75. The molecule has 0 aliphatic carbocycles. The Morgan fingerprint density at radius 1 is 0.649 bits per heavy atom. The first-order valence-corrected chi connectivity index (χ1v) is 13.1. The summed E-state index contributed by atoms with van der Waals surface area (Å²) in [6.45, 7) is 8.80. The second kappa shape index (κ2) is 19.4. The molecule has 0 bridgehead atoms. The molecule has 11 nitrogen and oxygen atoms in total. The molecule has 216 valence electrons. The Bertz CT molecular complexity index is 691. The molecule has 0 radical (unpaired) electrons. The van der Waals surface area contributed by atoms with Gasteiger partial charge in [-0.05, 0) is 46.0 Å². The normalized spacial score (nSPS) is 13.4. The van der Waals surface area contributed by atoms with E-state index in [0.717, 1.165) is 38.5 Å². The predicted octanol–water partition coefficient (Wildman–Crippen LogP) is 4.04. The SMILES string of the molecule is CCC(C(=O)O)C(O)(C(=O)O)C(CC)(CC)C(=O)O.CCOC(=O)CCCCCCCCC(=O)OCC. The van der Waals surface area contributed by atoms with Gasteiger partial charge in [-0.15, -0.1) is 0 Å². The van der Waals surface area contributed by atoms with E-state index < -0.39 is 34.8 Å². The quantitative estimate of drug-likeness (QED) is 0.138. The van der Waals surface area contributed by atoms with Gasteiger partial charge in [0.2, 0.25) is 0 Å². The highest BCUT2D eigenvalue weighted by molar-refractivity contribution is 5.93. The van der Waals surface area contributed by atoms with Crippen molar-refractivity contribution in [1.82, 2.24) is 0 Å². The molecule has 0 aromatic heterocycles. The molecule has 0 saturated carbocycles. The molecule has 0 amide bonds. The van der Waals surface area contributed by atoms with Gasteiger partial charge in [-0.25, -0.2) is 4.79 Å². The maximum atomic E-state index is 11.5. The van der Waals surface area contributed by atoms with Gasteiger partial charge in [0.05, 0.1) is 19.1 Å². The van der Waals surface area contributed by atoms with E-state index in [2.05, 4.69) is 0 Å². The molecule has 0 aliphatic heterocycles. The summed E-state index contributed by atoms with van der Waals surface area (Å²) in [5.41, 5.74) is -4.90. The zero-order valence-corrected chi connectivity index (χ0v) is 22.9. The summed E-state index contributed by atoms with van der Waals surface area (Å²) in [4.78, 5) is 56.1. The maximum Gasteiger partial charge on any atom is 0.337 e. The fraction of sp³-hybridized carbons (Fsp3) is 0.808. The third-order valence-corrected chi connectivity index (χ3v) is 6.51. The highest BCUT2D eigenvalue weighted by Gasteiger charge is 2.64. The van der Waals surface area contributed by atoms with Crippen molar-refractivity contribution in [3.05, 3.63) is 0 Å². The number of aliphatic hydroxyl groups is 1. The molecule has 2 unspecified atom stereocenters. The lowest BCUT2D eigenvalue weighted by molar-refractivity contribution is -0.205. The monoisotopic (exact) mass is 534 g/mol. The molecular weight excluding hydrogens is 488 g/mol. The van der Waals surface area contributed by atoms with Crippen molar-refractivity contribution in [2.75, 3.05) is 13.2 Å². The topological polar surface area (TPSA) is 185 Å². The minimum Gasteiger partial charge on any atom is -0.481 e. The van der Waals surface area contributed by atoms with Crippen molar-refractivity contribution in [1.29, 1.82) is 0 Å². The summed E-state index contributed by atoms with van der Waals surface area (Å²) in [7, 11) is 0. The van der Waals surface area contributed by atoms with E-state index in [-0.39, 0.29) is 31.2 Å². The molecule has 0 aromatic carbocycles. The van der Waals surface area contributed by atoms with Crippen molar-refractivity contribution < 1.29 is 53.9 Å². The number of rotatable bonds is 19. The van der Waals surface area contributed by atoms with Gasteiger partial charge in [-0.3, -0.25) is 19.2 Å². The molecule has 0 fully saturated rings. The van der Waals surface area contributed by atoms with Crippen LogP contribution in [0.15, 0.2) is 0 Å². The molecule has 0 spiro atoms. The summed E-state index contributed by atoms with van der Waals surface area (Å²) < 4.78 is 9.69. The number of unbranched alkanes of at least 4 members (excludes halogenated alkanes) is 5. The fourth-order valence-electron chi connectivity index (χ4n) is 4.30. The van der Waals surface area contributed by atoms with Gasteiger partial charge in [0.15, 0.2) is 5.60 Å². The van der Waals surface area contributed by atoms with Crippen LogP contribution in [0.25, 0.3) is 0 Å². The molecule has 0 aromatic rings. The van der Waals surface area contributed by atoms with Gasteiger partial charge in [0.1, 0.15) is 5.41 Å². The van der Waals surface area contributed by atoms with Crippen LogP contribution in [0.1, 0.15) is 105 Å². The number of hydrogen-bond acceptors (Lipinski definition) is 8. The minimum atomic E-state index is -2.86. The Labute approximate surface area is 219 Å². The van der Waals surface area contributed by atoms with E-state index in [1.165, 1.54) is 20.8 Å². The highest BCUT2D eigenvalue weighted by Crippen LogP contribution is 2.45. The summed E-state index contributed by atoms with van der Waals surface area (Å²) >= 11 is 0. The Balaban J connectivity index is 0. The lowest BCUT2D eigenvalue weighted by atomic mass is 9.61. The van der Waals surface area contributed by atoms with Crippen LogP contribution in [0.2, 0.25) is 0 Å². The lowest BCUT2D eigenvalue weighted by Crippen LogP contribution is -2.63. The first kappa shape index (κ1) is 36.5. The number of carboxylic acids is 3. The first-order valence-electron chi connectivity index (χ1n) is 13.1. The number of aliphatic carboxylic acids is 3. The molecule has 0 aliphatic rings. The lowest BCUT2D eigenvalue weighted by Gasteiger charge is -2.43. The van der Waals surface area contributed by atoms with E-state index in [4.69, 9.17) is 14.6 Å². The van der Waals surface area contributed by atoms with Gasteiger partial charge >= 0.3 is 29.8 Å². The average molecular weight is 535 g/mol. The third-order valence-electron chi connectivity index (χ3n) is 6.51. The van der Waals surface area contributed by atoms with Crippen molar-refractivity contribution in [3.8, 4) is 0 Å². The average Bonchev–Trinajstić information content (AvgIpc) is 2.82. The second-order valence-corrected chi connectivity index (χ2v) is 8.70. The summed E-state index contributed by atoms with van der Waals surface area (Å²) in [6, 6.07) is 0. The molecule has 37 heavy (non-hydrogen) atoms. The van der Waals surface area contributed by atoms with E-state index in [1.807, 2.05) is 13.8 Å². The van der Waals surface area contributed by atoms with Gasteiger partial charge in [0, 0.05) is 12.8 Å². The van der Waals surface area contributed by atoms with Crippen LogP contribution in [-0.4, -0.2) is 69.1 Å². The highest BCUT2D eigenvalue weighted by atomic mass is 16.5. The van der Waals surface area contributed by atoms with Gasteiger partial charge in [0.25, 0.3) is 0 Å². The van der Waals surface area contributed by atoms with Crippen LogP contribution in [0.3, 0.4) is 0 Å². The standard InChI is InChI=1S/C14H26O4.C12H20O7/c1-3-17-13(15)11-9-7-5-6-8-10-12-14(16)18-4-2;1-4-7(8(13)14)12(19,10(17)18)11(5-2,6-3)9(15)16/h3-12H2,1-2H3;7,19H,4-6H2,1-3H3,(H,13,14)(H,15,16)(H,17,18). The number of ether oxygens (including phenoxy) is 2. The van der Waals surface area contributed by atoms with Crippen LogP contribution in [0, 0.1) is 11.3 Å². The van der Waals surface area contributed by atoms with Crippen LogP contribution in [0.5, 0.6) is 0 Å². The van der Waals surface area contributed by atoms with E-state index in [0.29, 0.717) is 26.1 Å². The molecule has 2 atom stereocenters. The molecule has 11 heteroatoms. The van der Waals surface area contributed by atoms with E-state index in [1.54, 1.807) is 0 Å².